The summed E-state index contributed by atoms with van der Waals surface area (Å²) in [7, 11) is 0. The van der Waals surface area contributed by atoms with Crippen molar-refractivity contribution in [2.45, 2.75) is 58.2 Å². The van der Waals surface area contributed by atoms with Gasteiger partial charge in [0, 0.05) is 12.6 Å². The number of ether oxygens (including phenoxy) is 1. The molecule has 2 amide bonds. The fourth-order valence-electron chi connectivity index (χ4n) is 3.74. The van der Waals surface area contributed by atoms with Crippen molar-refractivity contribution in [2.24, 2.45) is 0 Å². The minimum Gasteiger partial charge on any atom is -0.484 e. The summed E-state index contributed by atoms with van der Waals surface area (Å²) >= 11 is 0. The molecule has 3 rings (SSSR count). The van der Waals surface area contributed by atoms with Crippen molar-refractivity contribution in [1.29, 1.82) is 0 Å². The van der Waals surface area contributed by atoms with Crippen LogP contribution in [0.3, 0.4) is 0 Å². The summed E-state index contributed by atoms with van der Waals surface area (Å²) < 4.78 is 18.6. The number of hydrogen-bond acceptors (Lipinski definition) is 3. The lowest BCUT2D eigenvalue weighted by Gasteiger charge is -2.29. The zero-order valence-corrected chi connectivity index (χ0v) is 17.6. The van der Waals surface area contributed by atoms with Gasteiger partial charge in [0.25, 0.3) is 5.91 Å². The molecular weight excluding hydrogens is 383 g/mol. The lowest BCUT2D eigenvalue weighted by atomic mass is 10.1. The molecule has 1 aliphatic carbocycles. The van der Waals surface area contributed by atoms with E-state index >= 15 is 0 Å². The second-order valence-electron chi connectivity index (χ2n) is 7.92. The van der Waals surface area contributed by atoms with E-state index in [1.165, 1.54) is 24.3 Å². The summed E-state index contributed by atoms with van der Waals surface area (Å²) in [4.78, 5) is 27.4. The number of carbonyl (C=O) groups excluding carboxylic acids is 2. The van der Waals surface area contributed by atoms with Gasteiger partial charge in [0.15, 0.2) is 6.61 Å². The molecule has 0 aliphatic heterocycles. The quantitative estimate of drug-likeness (QED) is 0.713. The molecular formula is C24H29FN2O3. The van der Waals surface area contributed by atoms with E-state index in [1.807, 2.05) is 31.2 Å². The third kappa shape index (κ3) is 6.05. The van der Waals surface area contributed by atoms with E-state index in [4.69, 9.17) is 4.74 Å². The average Bonchev–Trinajstić information content (AvgIpc) is 3.24. The SMILES string of the molecule is Cc1cccc(CN(C(=O)COc2ccc(F)cc2)[C@@H](C)C(=O)NC2CCCC2)c1. The van der Waals surface area contributed by atoms with Crippen LogP contribution in [0.4, 0.5) is 4.39 Å². The molecule has 1 fully saturated rings. The highest BCUT2D eigenvalue weighted by Gasteiger charge is 2.28. The largest absolute Gasteiger partial charge is 0.484 e. The summed E-state index contributed by atoms with van der Waals surface area (Å²) in [5, 5.41) is 3.08. The number of benzene rings is 2. The van der Waals surface area contributed by atoms with Gasteiger partial charge in [-0.25, -0.2) is 4.39 Å². The molecule has 0 heterocycles. The second kappa shape index (κ2) is 10.2. The molecule has 0 saturated heterocycles. The number of rotatable bonds is 8. The minimum absolute atomic E-state index is 0.148. The summed E-state index contributed by atoms with van der Waals surface area (Å²) in [6.45, 7) is 3.82. The van der Waals surface area contributed by atoms with Crippen molar-refractivity contribution in [3.05, 3.63) is 65.5 Å². The molecule has 6 heteroatoms. The Balaban J connectivity index is 1.70. The van der Waals surface area contributed by atoms with Crippen molar-refractivity contribution in [3.63, 3.8) is 0 Å². The topological polar surface area (TPSA) is 58.6 Å². The molecule has 1 aliphatic rings. The second-order valence-corrected chi connectivity index (χ2v) is 7.92. The number of aryl methyl sites for hydroxylation is 1. The molecule has 0 spiro atoms. The fourth-order valence-corrected chi connectivity index (χ4v) is 3.74. The Kier molecular flexibility index (Phi) is 7.44. The molecule has 30 heavy (non-hydrogen) atoms. The van der Waals surface area contributed by atoms with Gasteiger partial charge in [-0.1, -0.05) is 42.7 Å². The van der Waals surface area contributed by atoms with E-state index in [0.29, 0.717) is 12.3 Å². The molecule has 160 valence electrons. The van der Waals surface area contributed by atoms with E-state index < -0.39 is 6.04 Å². The van der Waals surface area contributed by atoms with E-state index in [9.17, 15) is 14.0 Å². The first-order valence-electron chi connectivity index (χ1n) is 10.5. The van der Waals surface area contributed by atoms with E-state index in [0.717, 1.165) is 36.8 Å². The number of amides is 2. The van der Waals surface area contributed by atoms with Crippen LogP contribution in [0.25, 0.3) is 0 Å². The zero-order chi connectivity index (χ0) is 21.5. The standard InChI is InChI=1S/C24H29FN2O3/c1-17-6-5-7-19(14-17)15-27(18(2)24(29)26-21-8-3-4-9-21)23(28)16-30-22-12-10-20(25)11-13-22/h5-7,10-14,18,21H,3-4,8-9,15-16H2,1-2H3,(H,26,29)/t18-/m0/s1. The highest BCUT2D eigenvalue weighted by Crippen LogP contribution is 2.19. The lowest BCUT2D eigenvalue weighted by molar-refractivity contribution is -0.142. The first-order valence-corrected chi connectivity index (χ1v) is 10.5. The first kappa shape index (κ1) is 21.8. The van der Waals surface area contributed by atoms with Crippen LogP contribution in [0.5, 0.6) is 5.75 Å². The summed E-state index contributed by atoms with van der Waals surface area (Å²) in [5.41, 5.74) is 2.04. The van der Waals surface area contributed by atoms with Crippen molar-refractivity contribution in [3.8, 4) is 5.75 Å². The molecule has 2 aromatic carbocycles. The van der Waals surface area contributed by atoms with E-state index in [-0.39, 0.29) is 30.3 Å². The predicted molar refractivity (Wildman–Crippen MR) is 113 cm³/mol. The Labute approximate surface area is 177 Å². The zero-order valence-electron chi connectivity index (χ0n) is 17.6. The summed E-state index contributed by atoms with van der Waals surface area (Å²) in [6.07, 6.45) is 4.21. The number of nitrogens with zero attached hydrogens (tertiary/aromatic N) is 1. The highest BCUT2D eigenvalue weighted by molar-refractivity contribution is 5.88. The maximum Gasteiger partial charge on any atom is 0.261 e. The molecule has 0 bridgehead atoms. The predicted octanol–water partition coefficient (Wildman–Crippen LogP) is 3.99. The normalized spacial score (nSPS) is 14.9. The molecule has 0 radical (unpaired) electrons. The van der Waals surface area contributed by atoms with Gasteiger partial charge >= 0.3 is 0 Å². The van der Waals surface area contributed by atoms with Crippen LogP contribution in [0, 0.1) is 12.7 Å². The van der Waals surface area contributed by atoms with Crippen molar-refractivity contribution in [2.75, 3.05) is 6.61 Å². The van der Waals surface area contributed by atoms with E-state index in [2.05, 4.69) is 5.32 Å². The lowest BCUT2D eigenvalue weighted by Crippen LogP contribution is -2.50. The average molecular weight is 413 g/mol. The first-order chi connectivity index (χ1) is 14.4. The van der Waals surface area contributed by atoms with Crippen LogP contribution < -0.4 is 10.1 Å². The molecule has 5 nitrogen and oxygen atoms in total. The van der Waals surface area contributed by atoms with Crippen LogP contribution in [0.1, 0.15) is 43.7 Å². The van der Waals surface area contributed by atoms with Gasteiger partial charge in [-0.15, -0.1) is 0 Å². The number of hydrogen-bond donors (Lipinski definition) is 1. The van der Waals surface area contributed by atoms with Crippen LogP contribution >= 0.6 is 0 Å². The van der Waals surface area contributed by atoms with Crippen molar-refractivity contribution >= 4 is 11.8 Å². The molecule has 1 atom stereocenters. The highest BCUT2D eigenvalue weighted by atomic mass is 19.1. The molecule has 1 N–H and O–H groups in total. The third-order valence-corrected chi connectivity index (χ3v) is 5.48. The fraction of sp³-hybridized carbons (Fsp3) is 0.417. The maximum absolute atomic E-state index is 13.1. The van der Waals surface area contributed by atoms with Gasteiger partial charge in [0.05, 0.1) is 0 Å². The van der Waals surface area contributed by atoms with Crippen LogP contribution in [-0.2, 0) is 16.1 Å². The minimum atomic E-state index is -0.629. The monoisotopic (exact) mass is 412 g/mol. The smallest absolute Gasteiger partial charge is 0.261 e. The van der Waals surface area contributed by atoms with Gasteiger partial charge in [0.1, 0.15) is 17.6 Å². The van der Waals surface area contributed by atoms with Crippen LogP contribution in [0.15, 0.2) is 48.5 Å². The molecule has 0 unspecified atom stereocenters. The Bertz CT molecular complexity index is 863. The van der Waals surface area contributed by atoms with Gasteiger partial charge in [0.2, 0.25) is 5.91 Å². The Hall–Kier alpha value is -2.89. The molecule has 2 aromatic rings. The van der Waals surface area contributed by atoms with Crippen LogP contribution in [-0.4, -0.2) is 35.4 Å². The Morgan fingerprint density at radius 1 is 1.17 bits per heavy atom. The number of halogens is 1. The number of nitrogens with one attached hydrogen (secondary N) is 1. The Morgan fingerprint density at radius 3 is 2.53 bits per heavy atom. The van der Waals surface area contributed by atoms with Crippen molar-refractivity contribution < 1.29 is 18.7 Å². The molecule has 1 saturated carbocycles. The molecule has 0 aromatic heterocycles. The summed E-state index contributed by atoms with van der Waals surface area (Å²) in [6, 6.07) is 12.9. The van der Waals surface area contributed by atoms with Crippen molar-refractivity contribution in [1.82, 2.24) is 10.2 Å². The maximum atomic E-state index is 13.1. The van der Waals surface area contributed by atoms with Gasteiger partial charge in [-0.3, -0.25) is 9.59 Å². The third-order valence-electron chi connectivity index (χ3n) is 5.48. The number of carbonyl (C=O) groups is 2. The van der Waals surface area contributed by atoms with Gasteiger partial charge in [-0.2, -0.15) is 0 Å². The van der Waals surface area contributed by atoms with E-state index in [1.54, 1.807) is 11.8 Å². The summed E-state index contributed by atoms with van der Waals surface area (Å²) in [5.74, 6) is -0.408. The van der Waals surface area contributed by atoms with Crippen LogP contribution in [0.2, 0.25) is 0 Å². The van der Waals surface area contributed by atoms with Gasteiger partial charge in [-0.05, 0) is 56.5 Å². The Morgan fingerprint density at radius 2 is 1.87 bits per heavy atom. The van der Waals surface area contributed by atoms with Gasteiger partial charge < -0.3 is 15.0 Å².